The number of phenolic OH excluding ortho intramolecular Hbond substituents is 1. The highest BCUT2D eigenvalue weighted by Crippen LogP contribution is 2.33. The van der Waals surface area contributed by atoms with Crippen molar-refractivity contribution in [3.05, 3.63) is 87.7 Å². The lowest BCUT2D eigenvalue weighted by molar-refractivity contribution is -0.120. The minimum atomic E-state index is -4.37. The van der Waals surface area contributed by atoms with Crippen LogP contribution in [0, 0.1) is 18.2 Å². The lowest BCUT2D eigenvalue weighted by atomic mass is 10.0. The topological polar surface area (TPSA) is 145 Å². The highest BCUT2D eigenvalue weighted by atomic mass is 35.5. The fourth-order valence-electron chi connectivity index (χ4n) is 3.16. The van der Waals surface area contributed by atoms with Crippen LogP contribution in [0.3, 0.4) is 0 Å². The Bertz CT molecular complexity index is 1360. The lowest BCUT2D eigenvalue weighted by Gasteiger charge is -2.15. The summed E-state index contributed by atoms with van der Waals surface area (Å²) in [7, 11) is -4.37. The number of carbonyl (C=O) groups excluding carboxylic acids is 1. The van der Waals surface area contributed by atoms with Gasteiger partial charge in [-0.05, 0) is 42.3 Å². The molecule has 0 heterocycles. The van der Waals surface area contributed by atoms with Gasteiger partial charge in [-0.1, -0.05) is 41.9 Å². The predicted octanol–water partition coefficient (Wildman–Crippen LogP) is 3.44. The molecule has 0 saturated carbocycles. The van der Waals surface area contributed by atoms with Crippen molar-refractivity contribution in [2.75, 3.05) is 4.72 Å². The van der Waals surface area contributed by atoms with Crippen LogP contribution in [0.25, 0.3) is 0 Å². The maximum Gasteiger partial charge on any atom is 0.264 e. The third-order valence-electron chi connectivity index (χ3n) is 5.04. The van der Waals surface area contributed by atoms with E-state index in [1.165, 1.54) is 12.1 Å². The number of anilines is 1. The average molecular weight is 505 g/mol. The Hall–Kier alpha value is -3.63. The van der Waals surface area contributed by atoms with Gasteiger partial charge in [0.1, 0.15) is 22.3 Å². The van der Waals surface area contributed by atoms with Crippen LogP contribution in [0.5, 0.6) is 5.75 Å². The first-order valence-corrected chi connectivity index (χ1v) is 11.8. The van der Waals surface area contributed by atoms with E-state index in [1.54, 1.807) is 37.3 Å². The quantitative estimate of drug-likeness (QED) is 0.181. The molecule has 0 unspecified atom stereocenters. The van der Waals surface area contributed by atoms with Gasteiger partial charge in [-0.2, -0.15) is 0 Å². The van der Waals surface area contributed by atoms with Gasteiger partial charge >= 0.3 is 0 Å². The largest absolute Gasteiger partial charge is 0.505 e. The van der Waals surface area contributed by atoms with E-state index in [2.05, 4.69) is 10.0 Å². The molecule has 34 heavy (non-hydrogen) atoms. The third-order valence-corrected chi connectivity index (χ3v) is 6.67. The Morgan fingerprint density at radius 2 is 1.82 bits per heavy atom. The van der Waals surface area contributed by atoms with Crippen molar-refractivity contribution in [3.8, 4) is 5.75 Å². The Morgan fingerprint density at radius 3 is 2.44 bits per heavy atom. The summed E-state index contributed by atoms with van der Waals surface area (Å²) in [5.74, 6) is -1.94. The first-order chi connectivity index (χ1) is 16.0. The van der Waals surface area contributed by atoms with Crippen LogP contribution in [0.15, 0.2) is 59.5 Å². The summed E-state index contributed by atoms with van der Waals surface area (Å²) in [6, 6.07) is 12.8. The molecule has 0 radical (unpaired) electrons. The Morgan fingerprint density at radius 1 is 1.15 bits per heavy atom. The van der Waals surface area contributed by atoms with Crippen LogP contribution in [0.4, 0.5) is 10.1 Å². The predicted molar refractivity (Wildman–Crippen MR) is 128 cm³/mol. The van der Waals surface area contributed by atoms with Crippen molar-refractivity contribution in [1.29, 1.82) is 5.41 Å². The van der Waals surface area contributed by atoms with E-state index in [9.17, 15) is 22.7 Å². The van der Waals surface area contributed by atoms with E-state index < -0.39 is 32.4 Å². The van der Waals surface area contributed by atoms with Crippen molar-refractivity contribution < 1.29 is 22.7 Å². The molecule has 0 aromatic heterocycles. The summed E-state index contributed by atoms with van der Waals surface area (Å²) in [5.41, 5.74) is 7.37. The Labute approximate surface area is 201 Å². The normalized spacial score (nSPS) is 11.1. The molecule has 8 nitrogen and oxygen atoms in total. The molecule has 0 aliphatic rings. The van der Waals surface area contributed by atoms with Crippen LogP contribution in [0.1, 0.15) is 22.3 Å². The van der Waals surface area contributed by atoms with Crippen LogP contribution in [-0.2, 0) is 27.8 Å². The van der Waals surface area contributed by atoms with Gasteiger partial charge in [0.25, 0.3) is 10.0 Å². The van der Waals surface area contributed by atoms with E-state index in [0.717, 1.165) is 17.7 Å². The first-order valence-electron chi connectivity index (χ1n) is 9.97. The van der Waals surface area contributed by atoms with Gasteiger partial charge in [-0.3, -0.25) is 14.9 Å². The maximum absolute atomic E-state index is 14.1. The van der Waals surface area contributed by atoms with Gasteiger partial charge in [0.2, 0.25) is 5.91 Å². The molecule has 3 aromatic rings. The van der Waals surface area contributed by atoms with Gasteiger partial charge in [-0.25, -0.2) is 12.8 Å². The second kappa shape index (κ2) is 10.1. The number of nitrogens with two attached hydrogens (primary N) is 1. The van der Waals surface area contributed by atoms with Gasteiger partial charge in [0.05, 0.1) is 12.1 Å². The molecule has 0 fully saturated rings. The molecule has 1 amide bonds. The minimum absolute atomic E-state index is 0.0396. The zero-order valence-electron chi connectivity index (χ0n) is 18.0. The number of nitrogens with one attached hydrogen (secondary N) is 3. The highest BCUT2D eigenvalue weighted by Gasteiger charge is 2.22. The number of phenols is 1. The number of hydrogen-bond donors (Lipinski definition) is 5. The molecule has 3 rings (SSSR count). The summed E-state index contributed by atoms with van der Waals surface area (Å²) < 4.78 is 41.5. The summed E-state index contributed by atoms with van der Waals surface area (Å²) in [5, 5.41) is 20.8. The number of halogens is 2. The molecule has 0 atom stereocenters. The van der Waals surface area contributed by atoms with E-state index in [-0.39, 0.29) is 35.1 Å². The molecule has 0 saturated heterocycles. The number of sulfonamides is 1. The first kappa shape index (κ1) is 25.0. The fourth-order valence-corrected chi connectivity index (χ4v) is 4.45. The van der Waals surface area contributed by atoms with Crippen molar-refractivity contribution in [3.63, 3.8) is 0 Å². The number of amides is 1. The number of rotatable bonds is 8. The molecular formula is C23H22ClFN4O4S. The average Bonchev–Trinajstić information content (AvgIpc) is 2.77. The third kappa shape index (κ3) is 5.83. The van der Waals surface area contributed by atoms with Crippen LogP contribution < -0.4 is 15.8 Å². The Balaban J connectivity index is 1.74. The number of hydrogen-bond acceptors (Lipinski definition) is 5. The fraction of sp³-hybridized carbons (Fsp3) is 0.130. The number of nitrogen functional groups attached to an aromatic ring is 1. The molecule has 178 valence electrons. The molecule has 0 spiro atoms. The van der Waals surface area contributed by atoms with Crippen molar-refractivity contribution in [2.45, 2.75) is 24.8 Å². The van der Waals surface area contributed by atoms with Crippen molar-refractivity contribution in [1.82, 2.24) is 5.32 Å². The second-order valence-electron chi connectivity index (χ2n) is 7.50. The van der Waals surface area contributed by atoms with Gasteiger partial charge in [0.15, 0.2) is 0 Å². The van der Waals surface area contributed by atoms with Gasteiger partial charge in [0, 0.05) is 22.7 Å². The standard InChI is InChI=1S/C23H22ClFN4O4S/c1-13-2-8-19(29-34(32,33)20-9-7-16(24)10-18(20)25)22(31)17(13)11-21(30)28-12-14-3-5-15(6-4-14)23(26)27/h2-10,29,31H,11-12H2,1H3,(H3,26,27)(H,28,30). The second-order valence-corrected chi connectivity index (χ2v) is 9.59. The van der Waals surface area contributed by atoms with Crippen LogP contribution in [-0.4, -0.2) is 25.3 Å². The molecule has 11 heteroatoms. The van der Waals surface area contributed by atoms with Crippen molar-refractivity contribution in [2.24, 2.45) is 5.73 Å². The van der Waals surface area contributed by atoms with Crippen LogP contribution in [0.2, 0.25) is 5.02 Å². The zero-order chi connectivity index (χ0) is 25.0. The van der Waals surface area contributed by atoms with E-state index >= 15 is 0 Å². The molecule has 0 bridgehead atoms. The number of carbonyl (C=O) groups is 1. The number of aromatic hydroxyl groups is 1. The van der Waals surface area contributed by atoms with E-state index in [1.807, 2.05) is 0 Å². The lowest BCUT2D eigenvalue weighted by Crippen LogP contribution is -2.25. The molecule has 6 N–H and O–H groups in total. The van der Waals surface area contributed by atoms with Crippen molar-refractivity contribution >= 4 is 39.1 Å². The van der Waals surface area contributed by atoms with E-state index in [0.29, 0.717) is 11.1 Å². The summed E-state index contributed by atoms with van der Waals surface area (Å²) >= 11 is 5.68. The number of amidine groups is 1. The number of benzene rings is 3. The molecule has 0 aliphatic carbocycles. The minimum Gasteiger partial charge on any atom is -0.505 e. The summed E-state index contributed by atoms with van der Waals surface area (Å²) in [4.78, 5) is 11.9. The maximum atomic E-state index is 14.1. The zero-order valence-corrected chi connectivity index (χ0v) is 19.6. The summed E-state index contributed by atoms with van der Waals surface area (Å²) in [6.45, 7) is 1.87. The smallest absolute Gasteiger partial charge is 0.264 e. The molecule has 3 aromatic carbocycles. The van der Waals surface area contributed by atoms with Crippen LogP contribution >= 0.6 is 11.6 Å². The molecular weight excluding hydrogens is 483 g/mol. The van der Waals surface area contributed by atoms with Gasteiger partial charge < -0.3 is 16.2 Å². The SMILES string of the molecule is Cc1ccc(NS(=O)(=O)c2ccc(Cl)cc2F)c(O)c1CC(=O)NCc1ccc(C(=N)N)cc1. The van der Waals surface area contributed by atoms with Gasteiger partial charge in [-0.15, -0.1) is 0 Å². The number of aryl methyl sites for hydroxylation is 1. The van der Waals surface area contributed by atoms with E-state index in [4.69, 9.17) is 22.7 Å². The highest BCUT2D eigenvalue weighted by molar-refractivity contribution is 7.92. The molecule has 0 aliphatic heterocycles. The monoisotopic (exact) mass is 504 g/mol. The Kier molecular flexibility index (Phi) is 7.43. The summed E-state index contributed by atoms with van der Waals surface area (Å²) in [6.07, 6.45) is -0.214.